The zero-order valence-corrected chi connectivity index (χ0v) is 19.1. The molecule has 32 heavy (non-hydrogen) atoms. The first-order chi connectivity index (χ1) is 15.7. The number of hydrogen-bond donors (Lipinski definition) is 0. The summed E-state index contributed by atoms with van der Waals surface area (Å²) in [6.07, 6.45) is 12.1. The molecule has 0 saturated carbocycles. The third kappa shape index (κ3) is 7.09. The van der Waals surface area contributed by atoms with Crippen LogP contribution >= 0.6 is 0 Å². The van der Waals surface area contributed by atoms with Crippen LogP contribution in [0.3, 0.4) is 0 Å². The fraction of sp³-hybridized carbons (Fsp3) is 0.462. The number of aryl methyl sites for hydroxylation is 2. The molecule has 0 aliphatic carbocycles. The van der Waals surface area contributed by atoms with Gasteiger partial charge in [0, 0.05) is 30.6 Å². The van der Waals surface area contributed by atoms with E-state index in [-0.39, 0.29) is 12.8 Å². The Kier molecular flexibility index (Phi) is 9.57. The highest BCUT2D eigenvalue weighted by molar-refractivity contribution is 5.94. The monoisotopic (exact) mass is 439 g/mol. The molecule has 0 unspecified atom stereocenters. The summed E-state index contributed by atoms with van der Waals surface area (Å²) in [6, 6.07) is 8.01. The molecular formula is C26H33NO5. The fourth-order valence-electron chi connectivity index (χ4n) is 3.76. The molecule has 1 aromatic carbocycles. The van der Waals surface area contributed by atoms with Crippen molar-refractivity contribution in [2.75, 3.05) is 27.1 Å². The number of benzene rings is 1. The Balaban J connectivity index is 1.72. The van der Waals surface area contributed by atoms with Crippen molar-refractivity contribution < 1.29 is 23.7 Å². The molecule has 1 aliphatic rings. The molecule has 0 radical (unpaired) electrons. The molecule has 6 heteroatoms. The second kappa shape index (κ2) is 12.9. The Morgan fingerprint density at radius 1 is 1.25 bits per heavy atom. The normalized spacial score (nSPS) is 13.2. The third-order valence-electron chi connectivity index (χ3n) is 5.37. The van der Waals surface area contributed by atoms with Crippen LogP contribution in [0, 0.1) is 0 Å². The number of ether oxygens (including phenoxy) is 4. The Morgan fingerprint density at radius 3 is 2.94 bits per heavy atom. The molecular weight excluding hydrogens is 406 g/mol. The van der Waals surface area contributed by atoms with Gasteiger partial charge in [0.15, 0.2) is 6.79 Å². The maximum atomic E-state index is 12.7. The number of pyridine rings is 1. The number of unbranched alkanes of at least 4 members (excludes halogenated alkanes) is 2. The summed E-state index contributed by atoms with van der Waals surface area (Å²) in [5.41, 5.74) is 3.81. The first-order valence-corrected chi connectivity index (χ1v) is 11.4. The van der Waals surface area contributed by atoms with E-state index in [4.69, 9.17) is 18.9 Å². The number of aromatic nitrogens is 1. The number of fused-ring (bicyclic) bond motifs is 1. The predicted molar refractivity (Wildman–Crippen MR) is 124 cm³/mol. The van der Waals surface area contributed by atoms with Crippen molar-refractivity contribution in [1.29, 1.82) is 0 Å². The lowest BCUT2D eigenvalue weighted by Crippen LogP contribution is -2.11. The van der Waals surface area contributed by atoms with Gasteiger partial charge in [0.1, 0.15) is 11.5 Å². The molecule has 0 bridgehead atoms. The highest BCUT2D eigenvalue weighted by Crippen LogP contribution is 2.34. The van der Waals surface area contributed by atoms with Gasteiger partial charge < -0.3 is 18.9 Å². The average molecular weight is 440 g/mol. The van der Waals surface area contributed by atoms with E-state index >= 15 is 0 Å². The Morgan fingerprint density at radius 2 is 2.16 bits per heavy atom. The van der Waals surface area contributed by atoms with Crippen molar-refractivity contribution >= 4 is 12.0 Å². The molecule has 3 rings (SSSR count). The first kappa shape index (κ1) is 23.8. The molecule has 0 saturated heterocycles. The summed E-state index contributed by atoms with van der Waals surface area (Å²) in [4.78, 5) is 16.8. The van der Waals surface area contributed by atoms with Gasteiger partial charge in [-0.15, -0.1) is 0 Å². The number of carbonyl (C=O) groups excluding carboxylic acids is 1. The number of methoxy groups -OCH3 is 1. The topological polar surface area (TPSA) is 66.9 Å². The maximum Gasteiger partial charge on any atom is 0.334 e. The highest BCUT2D eigenvalue weighted by Gasteiger charge is 2.17. The Bertz CT molecular complexity index is 895. The quantitative estimate of drug-likeness (QED) is 0.197. The molecule has 0 spiro atoms. The second-order valence-corrected chi connectivity index (χ2v) is 7.81. The van der Waals surface area contributed by atoms with Crippen LogP contribution in [0.5, 0.6) is 11.5 Å². The van der Waals surface area contributed by atoms with Crippen LogP contribution in [0.4, 0.5) is 0 Å². The minimum absolute atomic E-state index is 0.142. The van der Waals surface area contributed by atoms with Gasteiger partial charge in [-0.3, -0.25) is 4.98 Å². The lowest BCUT2D eigenvalue weighted by molar-refractivity contribution is -0.138. The van der Waals surface area contributed by atoms with Crippen LogP contribution in [0.25, 0.3) is 6.08 Å². The number of rotatable bonds is 12. The minimum Gasteiger partial charge on any atom is -0.493 e. The number of nitrogens with zero attached hydrogens (tertiary/aromatic N) is 1. The first-order valence-electron chi connectivity index (χ1n) is 11.4. The molecule has 2 heterocycles. The highest BCUT2D eigenvalue weighted by atomic mass is 16.7. The van der Waals surface area contributed by atoms with E-state index in [0.29, 0.717) is 31.0 Å². The van der Waals surface area contributed by atoms with Crippen LogP contribution in [-0.4, -0.2) is 38.1 Å². The van der Waals surface area contributed by atoms with Crippen molar-refractivity contribution in [3.05, 3.63) is 58.9 Å². The van der Waals surface area contributed by atoms with Crippen LogP contribution in [0.15, 0.2) is 42.2 Å². The van der Waals surface area contributed by atoms with Crippen LogP contribution < -0.4 is 9.47 Å². The van der Waals surface area contributed by atoms with Crippen molar-refractivity contribution in [3.63, 3.8) is 0 Å². The van der Waals surface area contributed by atoms with Crippen molar-refractivity contribution in [1.82, 2.24) is 4.98 Å². The van der Waals surface area contributed by atoms with E-state index in [1.165, 1.54) is 5.56 Å². The van der Waals surface area contributed by atoms with E-state index in [1.54, 1.807) is 13.3 Å². The van der Waals surface area contributed by atoms with E-state index < -0.39 is 0 Å². The summed E-state index contributed by atoms with van der Waals surface area (Å²) in [5, 5.41) is 0. The van der Waals surface area contributed by atoms with Crippen LogP contribution in [0.1, 0.15) is 55.7 Å². The lowest BCUT2D eigenvalue weighted by Gasteiger charge is -2.20. The lowest BCUT2D eigenvalue weighted by atomic mass is 9.99. The summed E-state index contributed by atoms with van der Waals surface area (Å²) in [5.74, 6) is 1.26. The zero-order chi connectivity index (χ0) is 22.6. The van der Waals surface area contributed by atoms with Gasteiger partial charge in [0.05, 0.1) is 13.2 Å². The second-order valence-electron chi connectivity index (χ2n) is 7.81. The molecule has 1 aromatic heterocycles. The van der Waals surface area contributed by atoms with Gasteiger partial charge >= 0.3 is 5.97 Å². The smallest absolute Gasteiger partial charge is 0.334 e. The molecule has 0 amide bonds. The summed E-state index contributed by atoms with van der Waals surface area (Å²) < 4.78 is 22.1. The SMILES string of the molecule is CCOC(=O)/C(=C/c1cc2c(cc1OCOC)CCCO2)CCCCCc1cccnc1. The predicted octanol–water partition coefficient (Wildman–Crippen LogP) is 5.14. The fourth-order valence-corrected chi connectivity index (χ4v) is 3.76. The van der Waals surface area contributed by atoms with Gasteiger partial charge in [-0.05, 0) is 80.9 Å². The van der Waals surface area contributed by atoms with Gasteiger partial charge in [-0.2, -0.15) is 0 Å². The third-order valence-corrected chi connectivity index (χ3v) is 5.37. The molecule has 6 nitrogen and oxygen atoms in total. The molecule has 2 aromatic rings. The maximum absolute atomic E-state index is 12.7. The van der Waals surface area contributed by atoms with Gasteiger partial charge in [0.2, 0.25) is 0 Å². The largest absolute Gasteiger partial charge is 0.493 e. The van der Waals surface area contributed by atoms with Gasteiger partial charge in [-0.25, -0.2) is 4.79 Å². The summed E-state index contributed by atoms with van der Waals surface area (Å²) >= 11 is 0. The molecule has 172 valence electrons. The molecule has 0 atom stereocenters. The molecule has 0 fully saturated rings. The van der Waals surface area contributed by atoms with Crippen LogP contribution in [0.2, 0.25) is 0 Å². The van der Waals surface area contributed by atoms with E-state index in [2.05, 4.69) is 11.1 Å². The van der Waals surface area contributed by atoms with Crippen molar-refractivity contribution in [3.8, 4) is 11.5 Å². The Labute approximate surface area is 190 Å². The average Bonchev–Trinajstić information content (AvgIpc) is 2.82. The standard InChI is InChI=1S/C26H33NO5/c1-3-30-26(28)22(11-6-4-5-9-20-10-7-13-27-18-20)15-23-17-24-21(12-8-14-31-24)16-25(23)32-19-29-2/h7,10,13,15-18H,3-6,8-9,11-12,14,19H2,1-2H3/b22-15+. The Hall–Kier alpha value is -2.86. The van der Waals surface area contributed by atoms with Gasteiger partial charge in [-0.1, -0.05) is 12.5 Å². The summed E-state index contributed by atoms with van der Waals surface area (Å²) in [7, 11) is 1.59. The molecule has 1 aliphatic heterocycles. The number of hydrogen-bond acceptors (Lipinski definition) is 6. The van der Waals surface area contributed by atoms with E-state index in [9.17, 15) is 4.79 Å². The van der Waals surface area contributed by atoms with Crippen molar-refractivity contribution in [2.45, 2.75) is 51.9 Å². The van der Waals surface area contributed by atoms with Crippen LogP contribution in [-0.2, 0) is 27.1 Å². The van der Waals surface area contributed by atoms with Crippen molar-refractivity contribution in [2.24, 2.45) is 0 Å². The van der Waals surface area contributed by atoms with Gasteiger partial charge in [0.25, 0.3) is 0 Å². The minimum atomic E-state index is -0.281. The van der Waals surface area contributed by atoms with E-state index in [0.717, 1.165) is 55.4 Å². The summed E-state index contributed by atoms with van der Waals surface area (Å²) in [6.45, 7) is 3.01. The van der Waals surface area contributed by atoms with E-state index in [1.807, 2.05) is 37.4 Å². The number of carbonyl (C=O) groups is 1. The zero-order valence-electron chi connectivity index (χ0n) is 19.1. The molecule has 0 N–H and O–H groups in total. The number of esters is 1.